The highest BCUT2D eigenvalue weighted by atomic mass is 79.9. The van der Waals surface area contributed by atoms with E-state index in [4.69, 9.17) is 11.6 Å². The van der Waals surface area contributed by atoms with Gasteiger partial charge in [0.25, 0.3) is 0 Å². The Morgan fingerprint density at radius 3 is 2.44 bits per heavy atom. The lowest BCUT2D eigenvalue weighted by Crippen LogP contribution is -2.25. The van der Waals surface area contributed by atoms with E-state index in [2.05, 4.69) is 27.3 Å². The van der Waals surface area contributed by atoms with Gasteiger partial charge in [0.05, 0.1) is 0 Å². The van der Waals surface area contributed by atoms with Gasteiger partial charge in [0.1, 0.15) is 0 Å². The molecular formula is C15H19BrClN. The molecule has 1 N–H and O–H groups in total. The van der Waals surface area contributed by atoms with Gasteiger partial charge in [-0.1, -0.05) is 33.6 Å². The largest absolute Gasteiger partial charge is 0.312 e. The van der Waals surface area contributed by atoms with Crippen LogP contribution in [-0.4, -0.2) is 6.54 Å². The first-order valence-electron chi connectivity index (χ1n) is 6.88. The third kappa shape index (κ3) is 3.28. The number of rotatable bonds is 6. The van der Waals surface area contributed by atoms with E-state index in [0.717, 1.165) is 33.8 Å². The van der Waals surface area contributed by atoms with Crippen LogP contribution in [0.15, 0.2) is 22.7 Å². The summed E-state index contributed by atoms with van der Waals surface area (Å²) in [5.74, 6) is 2.99. The summed E-state index contributed by atoms with van der Waals surface area (Å²) in [5, 5.41) is 4.42. The van der Waals surface area contributed by atoms with Crippen LogP contribution < -0.4 is 5.32 Å². The van der Waals surface area contributed by atoms with Crippen molar-refractivity contribution in [1.82, 2.24) is 5.32 Å². The van der Waals surface area contributed by atoms with Crippen LogP contribution in [0.2, 0.25) is 5.02 Å². The first-order valence-corrected chi connectivity index (χ1v) is 8.06. The highest BCUT2D eigenvalue weighted by molar-refractivity contribution is 9.10. The Hall–Kier alpha value is -0.0500. The van der Waals surface area contributed by atoms with Crippen molar-refractivity contribution in [2.24, 2.45) is 17.8 Å². The Morgan fingerprint density at radius 2 is 1.89 bits per heavy atom. The molecule has 0 bridgehead atoms. The zero-order valence-electron chi connectivity index (χ0n) is 10.5. The Morgan fingerprint density at radius 1 is 1.22 bits per heavy atom. The summed E-state index contributed by atoms with van der Waals surface area (Å²) >= 11 is 9.52. The van der Waals surface area contributed by atoms with Gasteiger partial charge in [-0.2, -0.15) is 0 Å². The molecule has 0 radical (unpaired) electrons. The number of nitrogens with one attached hydrogen (secondary N) is 1. The normalized spacial score (nSPS) is 19.5. The van der Waals surface area contributed by atoms with Crippen molar-refractivity contribution in [2.45, 2.75) is 32.2 Å². The molecule has 0 saturated heterocycles. The van der Waals surface area contributed by atoms with E-state index in [1.807, 2.05) is 12.1 Å². The van der Waals surface area contributed by atoms with Gasteiger partial charge in [-0.15, -0.1) is 0 Å². The number of benzene rings is 1. The Labute approximate surface area is 122 Å². The number of hydrogen-bond donors (Lipinski definition) is 1. The maximum Gasteiger partial charge on any atom is 0.0417 e. The van der Waals surface area contributed by atoms with Gasteiger partial charge in [-0.05, 0) is 67.7 Å². The average Bonchev–Trinajstić information content (AvgIpc) is 3.20. The first-order chi connectivity index (χ1) is 8.74. The average molecular weight is 329 g/mol. The second-order valence-corrected chi connectivity index (χ2v) is 7.00. The minimum absolute atomic E-state index is 0.791. The fourth-order valence-electron chi connectivity index (χ4n) is 2.81. The molecule has 2 aliphatic carbocycles. The Kier molecular flexibility index (Phi) is 3.97. The van der Waals surface area contributed by atoms with Crippen LogP contribution >= 0.6 is 27.5 Å². The molecule has 3 heteroatoms. The van der Waals surface area contributed by atoms with Crippen LogP contribution in [0.4, 0.5) is 0 Å². The molecule has 98 valence electrons. The van der Waals surface area contributed by atoms with Crippen molar-refractivity contribution in [3.8, 4) is 0 Å². The van der Waals surface area contributed by atoms with Gasteiger partial charge < -0.3 is 5.32 Å². The summed E-state index contributed by atoms with van der Waals surface area (Å²) in [6, 6.07) is 6.03. The molecule has 0 heterocycles. The van der Waals surface area contributed by atoms with Crippen LogP contribution in [0.5, 0.6) is 0 Å². The molecule has 0 spiro atoms. The molecule has 0 aliphatic heterocycles. The number of hydrogen-bond acceptors (Lipinski definition) is 1. The van der Waals surface area contributed by atoms with Crippen molar-refractivity contribution in [3.05, 3.63) is 33.3 Å². The zero-order chi connectivity index (χ0) is 12.5. The van der Waals surface area contributed by atoms with Gasteiger partial charge in [-0.3, -0.25) is 0 Å². The van der Waals surface area contributed by atoms with Gasteiger partial charge >= 0.3 is 0 Å². The maximum atomic E-state index is 5.95. The SMILES string of the molecule is Clc1ccc(CNCC(C2CC2)C2CC2)c(Br)c1. The molecule has 18 heavy (non-hydrogen) atoms. The Balaban J connectivity index is 1.51. The van der Waals surface area contributed by atoms with E-state index in [1.165, 1.54) is 37.8 Å². The van der Waals surface area contributed by atoms with Gasteiger partial charge in [0.2, 0.25) is 0 Å². The summed E-state index contributed by atoms with van der Waals surface area (Å²) in [7, 11) is 0. The second kappa shape index (κ2) is 5.52. The van der Waals surface area contributed by atoms with Crippen LogP contribution in [-0.2, 0) is 6.54 Å². The topological polar surface area (TPSA) is 12.0 Å². The second-order valence-electron chi connectivity index (χ2n) is 5.71. The zero-order valence-corrected chi connectivity index (χ0v) is 12.8. The molecule has 0 unspecified atom stereocenters. The molecule has 3 rings (SSSR count). The minimum atomic E-state index is 0.791. The molecule has 1 aromatic carbocycles. The first kappa shape index (κ1) is 13.0. The fourth-order valence-corrected chi connectivity index (χ4v) is 3.63. The van der Waals surface area contributed by atoms with Crippen LogP contribution in [0.1, 0.15) is 31.2 Å². The lowest BCUT2D eigenvalue weighted by Gasteiger charge is -2.16. The van der Waals surface area contributed by atoms with Crippen molar-refractivity contribution >= 4 is 27.5 Å². The highest BCUT2D eigenvalue weighted by Gasteiger charge is 2.40. The molecule has 1 aromatic rings. The monoisotopic (exact) mass is 327 g/mol. The molecule has 2 fully saturated rings. The highest BCUT2D eigenvalue weighted by Crippen LogP contribution is 2.48. The van der Waals surface area contributed by atoms with Crippen LogP contribution in [0.25, 0.3) is 0 Å². The lowest BCUT2D eigenvalue weighted by molar-refractivity contribution is 0.378. The van der Waals surface area contributed by atoms with Crippen molar-refractivity contribution in [2.75, 3.05) is 6.54 Å². The lowest BCUT2D eigenvalue weighted by atomic mass is 9.98. The Bertz CT molecular complexity index is 415. The third-order valence-corrected chi connectivity index (χ3v) is 5.14. The predicted molar refractivity (Wildman–Crippen MR) is 79.8 cm³/mol. The van der Waals surface area contributed by atoms with E-state index in [9.17, 15) is 0 Å². The van der Waals surface area contributed by atoms with Crippen LogP contribution in [0.3, 0.4) is 0 Å². The fraction of sp³-hybridized carbons (Fsp3) is 0.600. The molecule has 2 saturated carbocycles. The van der Waals surface area contributed by atoms with E-state index in [-0.39, 0.29) is 0 Å². The van der Waals surface area contributed by atoms with E-state index in [0.29, 0.717) is 0 Å². The van der Waals surface area contributed by atoms with Gasteiger partial charge in [0, 0.05) is 16.0 Å². The van der Waals surface area contributed by atoms with E-state index < -0.39 is 0 Å². The third-order valence-electron chi connectivity index (χ3n) is 4.17. The predicted octanol–water partition coefficient (Wildman–Crippen LogP) is 4.63. The minimum Gasteiger partial charge on any atom is -0.312 e. The van der Waals surface area contributed by atoms with Crippen molar-refractivity contribution in [1.29, 1.82) is 0 Å². The standard InChI is InChI=1S/C15H19BrClN/c16-15-7-13(17)6-5-12(15)8-18-9-14(10-1-2-10)11-3-4-11/h5-7,10-11,14,18H,1-4,8-9H2. The quantitative estimate of drug-likeness (QED) is 0.803. The van der Waals surface area contributed by atoms with Crippen molar-refractivity contribution < 1.29 is 0 Å². The summed E-state index contributed by atoms with van der Waals surface area (Å²) in [4.78, 5) is 0. The summed E-state index contributed by atoms with van der Waals surface area (Å²) in [5.41, 5.74) is 1.30. The molecule has 0 atom stereocenters. The van der Waals surface area contributed by atoms with E-state index in [1.54, 1.807) is 0 Å². The molecular weight excluding hydrogens is 310 g/mol. The summed E-state index contributed by atoms with van der Waals surface area (Å²) in [6.45, 7) is 2.12. The maximum absolute atomic E-state index is 5.95. The number of halogens is 2. The van der Waals surface area contributed by atoms with Crippen LogP contribution in [0, 0.1) is 17.8 Å². The molecule has 0 amide bonds. The molecule has 1 nitrogen and oxygen atoms in total. The van der Waals surface area contributed by atoms with Gasteiger partial charge in [-0.25, -0.2) is 0 Å². The summed E-state index contributed by atoms with van der Waals surface area (Å²) in [6.07, 6.45) is 5.86. The van der Waals surface area contributed by atoms with Gasteiger partial charge in [0.15, 0.2) is 0 Å². The summed E-state index contributed by atoms with van der Waals surface area (Å²) < 4.78 is 1.11. The van der Waals surface area contributed by atoms with Crippen molar-refractivity contribution in [3.63, 3.8) is 0 Å². The smallest absolute Gasteiger partial charge is 0.0417 e. The molecule has 0 aromatic heterocycles. The van der Waals surface area contributed by atoms with E-state index >= 15 is 0 Å². The molecule has 2 aliphatic rings.